The Labute approximate surface area is 212 Å². The van der Waals surface area contributed by atoms with Gasteiger partial charge in [-0.3, -0.25) is 9.69 Å². The smallest absolute Gasteiger partial charge is 0.341 e. The Kier molecular flexibility index (Phi) is 7.78. The van der Waals surface area contributed by atoms with Crippen LogP contribution in [0.3, 0.4) is 0 Å². The Morgan fingerprint density at radius 2 is 1.85 bits per heavy atom. The summed E-state index contributed by atoms with van der Waals surface area (Å²) in [4.78, 5) is 29.3. The molecule has 3 aromatic rings. The molecule has 0 spiro atoms. The van der Waals surface area contributed by atoms with Gasteiger partial charge in [0.05, 0.1) is 29.3 Å². The lowest BCUT2D eigenvalue weighted by molar-refractivity contribution is 0.0526. The Morgan fingerprint density at radius 1 is 1.15 bits per heavy atom. The minimum atomic E-state index is -0.433. The van der Waals surface area contributed by atoms with E-state index < -0.39 is 11.9 Å². The molecule has 2 aromatic carbocycles. The van der Waals surface area contributed by atoms with Crippen LogP contribution in [0.2, 0.25) is 10.0 Å². The van der Waals surface area contributed by atoms with Gasteiger partial charge < -0.3 is 14.8 Å². The zero-order valence-electron chi connectivity index (χ0n) is 18.8. The van der Waals surface area contributed by atoms with Crippen LogP contribution in [-0.4, -0.2) is 37.0 Å². The standard InChI is InChI=1S/C25H24Cl2N2O4S/c1-3-33-25(31)21-17-9-10-29(13-15-7-5-4-6-8-15)14-20(17)34-24(21)28-23(30)16-11-18(26)22(32-2)19(27)12-16/h4-8,11-12H,3,9-10,13-14H2,1-2H3,(H,28,30). The summed E-state index contributed by atoms with van der Waals surface area (Å²) in [5.41, 5.74) is 2.87. The molecule has 0 radical (unpaired) electrons. The molecule has 1 aliphatic rings. The third-order valence-corrected chi connectivity index (χ3v) is 7.25. The molecule has 4 rings (SSSR count). The van der Waals surface area contributed by atoms with Gasteiger partial charge in [0, 0.05) is 30.1 Å². The van der Waals surface area contributed by atoms with Gasteiger partial charge in [0.2, 0.25) is 0 Å². The molecule has 1 aromatic heterocycles. The third-order valence-electron chi connectivity index (χ3n) is 5.56. The van der Waals surface area contributed by atoms with Crippen LogP contribution < -0.4 is 10.1 Å². The van der Waals surface area contributed by atoms with Crippen molar-refractivity contribution in [1.29, 1.82) is 0 Å². The summed E-state index contributed by atoms with van der Waals surface area (Å²) in [5, 5.41) is 3.81. The number of benzene rings is 2. The van der Waals surface area contributed by atoms with Crippen LogP contribution in [-0.2, 0) is 24.2 Å². The van der Waals surface area contributed by atoms with Gasteiger partial charge in [0.1, 0.15) is 5.00 Å². The highest BCUT2D eigenvalue weighted by atomic mass is 35.5. The van der Waals surface area contributed by atoms with Crippen LogP contribution in [0.5, 0.6) is 5.75 Å². The number of hydrogen-bond acceptors (Lipinski definition) is 6. The predicted octanol–water partition coefficient (Wildman–Crippen LogP) is 6.05. The van der Waals surface area contributed by atoms with Gasteiger partial charge in [0.25, 0.3) is 5.91 Å². The molecule has 0 saturated carbocycles. The number of nitrogens with zero attached hydrogens (tertiary/aromatic N) is 1. The number of amides is 1. The summed E-state index contributed by atoms with van der Waals surface area (Å²) in [5.74, 6) is -0.550. The number of thiophene rings is 1. The van der Waals surface area contributed by atoms with Crippen molar-refractivity contribution < 1.29 is 19.1 Å². The summed E-state index contributed by atoms with van der Waals surface area (Å²) in [7, 11) is 1.45. The number of hydrogen-bond donors (Lipinski definition) is 1. The molecule has 1 N–H and O–H groups in total. The molecule has 0 unspecified atom stereocenters. The highest BCUT2D eigenvalue weighted by molar-refractivity contribution is 7.17. The summed E-state index contributed by atoms with van der Waals surface area (Å²) < 4.78 is 10.5. The van der Waals surface area contributed by atoms with Crippen molar-refractivity contribution in [3.8, 4) is 5.75 Å². The van der Waals surface area contributed by atoms with Gasteiger partial charge in [-0.2, -0.15) is 0 Å². The lowest BCUT2D eigenvalue weighted by atomic mass is 10.0. The van der Waals surface area contributed by atoms with Crippen molar-refractivity contribution in [2.75, 3.05) is 25.6 Å². The monoisotopic (exact) mass is 518 g/mol. The lowest BCUT2D eigenvalue weighted by Crippen LogP contribution is -2.29. The molecule has 9 heteroatoms. The Balaban J connectivity index is 1.61. The Hall–Kier alpha value is -2.58. The predicted molar refractivity (Wildman–Crippen MR) is 136 cm³/mol. The molecule has 2 heterocycles. The topological polar surface area (TPSA) is 67.9 Å². The molecule has 0 aliphatic carbocycles. The minimum absolute atomic E-state index is 0.229. The van der Waals surface area contributed by atoms with E-state index in [1.54, 1.807) is 6.92 Å². The van der Waals surface area contributed by atoms with Crippen LogP contribution in [0.25, 0.3) is 0 Å². The van der Waals surface area contributed by atoms with Crippen molar-refractivity contribution in [2.45, 2.75) is 26.4 Å². The number of esters is 1. The van der Waals surface area contributed by atoms with Crippen molar-refractivity contribution >= 4 is 51.4 Å². The quantitative estimate of drug-likeness (QED) is 0.385. The first-order chi connectivity index (χ1) is 16.4. The fourth-order valence-corrected chi connectivity index (χ4v) is 5.92. The molecule has 34 heavy (non-hydrogen) atoms. The molecule has 6 nitrogen and oxygen atoms in total. The van der Waals surface area contributed by atoms with Gasteiger partial charge >= 0.3 is 5.97 Å². The van der Waals surface area contributed by atoms with Gasteiger partial charge in [0.15, 0.2) is 5.75 Å². The zero-order valence-corrected chi connectivity index (χ0v) is 21.1. The van der Waals surface area contributed by atoms with Crippen LogP contribution in [0.15, 0.2) is 42.5 Å². The first kappa shape index (κ1) is 24.5. The Morgan fingerprint density at radius 3 is 2.50 bits per heavy atom. The average molecular weight is 519 g/mol. The van der Waals surface area contributed by atoms with E-state index in [9.17, 15) is 9.59 Å². The summed E-state index contributed by atoms with van der Waals surface area (Å²) in [6, 6.07) is 13.2. The number of carbonyl (C=O) groups is 2. The largest absolute Gasteiger partial charge is 0.494 e. The number of carbonyl (C=O) groups excluding carboxylic acids is 2. The SMILES string of the molecule is CCOC(=O)c1c(NC(=O)c2cc(Cl)c(OC)c(Cl)c2)sc2c1CCN(Cc1ccccc1)C2. The highest BCUT2D eigenvalue weighted by Crippen LogP contribution is 2.39. The fraction of sp³-hybridized carbons (Fsp3) is 0.280. The van der Waals surface area contributed by atoms with E-state index in [0.717, 1.165) is 23.5 Å². The second kappa shape index (κ2) is 10.8. The maximum absolute atomic E-state index is 13.0. The van der Waals surface area contributed by atoms with E-state index in [0.29, 0.717) is 29.3 Å². The summed E-state index contributed by atoms with van der Waals surface area (Å²) >= 11 is 13.8. The summed E-state index contributed by atoms with van der Waals surface area (Å²) in [6.07, 6.45) is 0.697. The molecule has 0 atom stereocenters. The molecule has 1 aliphatic heterocycles. The molecule has 178 valence electrons. The molecule has 0 fully saturated rings. The Bertz CT molecular complexity index is 1190. The molecule has 0 bridgehead atoms. The molecular weight excluding hydrogens is 495 g/mol. The molecule has 1 amide bonds. The molecule has 0 saturated heterocycles. The molecular formula is C25H24Cl2N2O4S. The number of rotatable bonds is 7. The minimum Gasteiger partial charge on any atom is -0.494 e. The number of anilines is 1. The number of ether oxygens (including phenoxy) is 2. The first-order valence-corrected chi connectivity index (χ1v) is 12.4. The van der Waals surface area contributed by atoms with Crippen LogP contribution in [0.1, 0.15) is 43.6 Å². The fourth-order valence-electron chi connectivity index (χ4n) is 4.00. The first-order valence-electron chi connectivity index (χ1n) is 10.8. The van der Waals surface area contributed by atoms with E-state index >= 15 is 0 Å². The van der Waals surface area contributed by atoms with Gasteiger partial charge in [-0.05, 0) is 36.6 Å². The lowest BCUT2D eigenvalue weighted by Gasteiger charge is -2.27. The van der Waals surface area contributed by atoms with Crippen LogP contribution >= 0.6 is 34.5 Å². The van der Waals surface area contributed by atoms with Crippen LogP contribution in [0.4, 0.5) is 5.00 Å². The number of nitrogens with one attached hydrogen (secondary N) is 1. The highest BCUT2D eigenvalue weighted by Gasteiger charge is 2.30. The van der Waals surface area contributed by atoms with E-state index in [4.69, 9.17) is 32.7 Å². The normalized spacial score (nSPS) is 13.3. The zero-order chi connectivity index (χ0) is 24.2. The number of halogens is 2. The third kappa shape index (κ3) is 5.23. The van der Waals surface area contributed by atoms with E-state index in [2.05, 4.69) is 22.3 Å². The van der Waals surface area contributed by atoms with Crippen molar-refractivity contribution in [2.24, 2.45) is 0 Å². The van der Waals surface area contributed by atoms with E-state index in [1.165, 1.54) is 36.1 Å². The average Bonchev–Trinajstić information content (AvgIpc) is 3.16. The van der Waals surface area contributed by atoms with E-state index in [1.807, 2.05) is 18.2 Å². The van der Waals surface area contributed by atoms with Crippen molar-refractivity contribution in [3.63, 3.8) is 0 Å². The number of fused-ring (bicyclic) bond motifs is 1. The van der Waals surface area contributed by atoms with Gasteiger partial charge in [-0.1, -0.05) is 53.5 Å². The van der Waals surface area contributed by atoms with Crippen molar-refractivity contribution in [1.82, 2.24) is 4.90 Å². The van der Waals surface area contributed by atoms with Gasteiger partial charge in [-0.25, -0.2) is 4.79 Å². The maximum atomic E-state index is 13.0. The van der Waals surface area contributed by atoms with Crippen LogP contribution in [0, 0.1) is 0 Å². The maximum Gasteiger partial charge on any atom is 0.341 e. The van der Waals surface area contributed by atoms with Crippen molar-refractivity contribution in [3.05, 3.63) is 79.6 Å². The second-order valence-electron chi connectivity index (χ2n) is 7.80. The number of methoxy groups -OCH3 is 1. The second-order valence-corrected chi connectivity index (χ2v) is 9.72. The van der Waals surface area contributed by atoms with Gasteiger partial charge in [-0.15, -0.1) is 11.3 Å². The van der Waals surface area contributed by atoms with E-state index in [-0.39, 0.29) is 22.2 Å². The summed E-state index contributed by atoms with van der Waals surface area (Å²) in [6.45, 7) is 4.33.